The zero-order valence-electron chi connectivity index (χ0n) is 14.8. The summed E-state index contributed by atoms with van der Waals surface area (Å²) in [5, 5.41) is 12.1. The molecule has 1 atom stereocenters. The van der Waals surface area contributed by atoms with Gasteiger partial charge in [-0.2, -0.15) is 0 Å². The predicted molar refractivity (Wildman–Crippen MR) is 96.2 cm³/mol. The van der Waals surface area contributed by atoms with Crippen molar-refractivity contribution in [1.82, 2.24) is 5.32 Å². The van der Waals surface area contributed by atoms with Gasteiger partial charge in [0.05, 0.1) is 11.3 Å². The van der Waals surface area contributed by atoms with Crippen LogP contribution in [0.3, 0.4) is 0 Å². The van der Waals surface area contributed by atoms with Crippen LogP contribution in [-0.2, 0) is 21.4 Å². The maximum Gasteiger partial charge on any atom is 0.308 e. The van der Waals surface area contributed by atoms with Crippen LogP contribution in [0.1, 0.15) is 30.4 Å². The van der Waals surface area contributed by atoms with Crippen molar-refractivity contribution in [3.05, 3.63) is 71.3 Å². The Balaban J connectivity index is 1.71. The minimum absolute atomic E-state index is 0.0480. The number of carbonyl (C=O) groups excluding carboxylic acids is 1. The van der Waals surface area contributed by atoms with E-state index in [-0.39, 0.29) is 18.5 Å². The van der Waals surface area contributed by atoms with E-state index in [0.717, 1.165) is 24.1 Å². The van der Waals surface area contributed by atoms with Crippen LogP contribution in [0.25, 0.3) is 0 Å². The summed E-state index contributed by atoms with van der Waals surface area (Å²) in [4.78, 5) is 24.4. The molecule has 4 nitrogen and oxygen atoms in total. The lowest BCUT2D eigenvalue weighted by molar-refractivity contribution is -0.141. The van der Waals surface area contributed by atoms with Crippen LogP contribution in [0.5, 0.6) is 0 Å². The highest BCUT2D eigenvalue weighted by molar-refractivity contribution is 5.89. The van der Waals surface area contributed by atoms with Gasteiger partial charge in [0.1, 0.15) is 11.6 Å². The minimum atomic E-state index is -1.05. The fourth-order valence-corrected chi connectivity index (χ4v) is 3.56. The van der Waals surface area contributed by atoms with Crippen LogP contribution in [-0.4, -0.2) is 23.5 Å². The lowest BCUT2D eigenvalue weighted by atomic mass is 9.63. The van der Waals surface area contributed by atoms with Gasteiger partial charge in [0, 0.05) is 18.2 Å². The molecule has 0 bridgehead atoms. The molecule has 2 aromatic carbocycles. The summed E-state index contributed by atoms with van der Waals surface area (Å²) in [5.74, 6) is -3.64. The molecule has 1 amide bonds. The van der Waals surface area contributed by atoms with E-state index in [0.29, 0.717) is 12.8 Å². The Kier molecular flexibility index (Phi) is 5.54. The van der Waals surface area contributed by atoms with Gasteiger partial charge in [0.2, 0.25) is 5.91 Å². The molecule has 0 saturated heterocycles. The van der Waals surface area contributed by atoms with Crippen LogP contribution in [0, 0.1) is 17.6 Å². The Labute approximate surface area is 156 Å². The minimum Gasteiger partial charge on any atom is -0.481 e. The smallest absolute Gasteiger partial charge is 0.308 e. The van der Waals surface area contributed by atoms with E-state index in [1.165, 1.54) is 6.07 Å². The number of halogens is 2. The normalized spacial score (nSPS) is 16.2. The number of benzene rings is 2. The number of carboxylic acids is 1. The molecule has 0 radical (unpaired) electrons. The van der Waals surface area contributed by atoms with Gasteiger partial charge in [-0.15, -0.1) is 0 Å². The summed E-state index contributed by atoms with van der Waals surface area (Å²) >= 11 is 0. The standard InChI is InChI=1S/C21H21F2NO3/c22-16-7-8-17(18(23)12-16)21(9-4-10-21)20(27)24-13-15(19(25)26)11-14-5-2-1-3-6-14/h1-3,5-8,12,15H,4,9-11,13H2,(H,24,27)(H,25,26). The molecule has 0 heterocycles. The quantitative estimate of drug-likeness (QED) is 0.781. The lowest BCUT2D eigenvalue weighted by Gasteiger charge is -2.41. The Morgan fingerprint density at radius 1 is 1.11 bits per heavy atom. The number of amides is 1. The Hall–Kier alpha value is -2.76. The molecule has 1 aliphatic rings. The van der Waals surface area contributed by atoms with Crippen molar-refractivity contribution < 1.29 is 23.5 Å². The molecule has 142 valence electrons. The molecular formula is C21H21F2NO3. The van der Waals surface area contributed by atoms with Crippen molar-refractivity contribution in [3.63, 3.8) is 0 Å². The van der Waals surface area contributed by atoms with Gasteiger partial charge >= 0.3 is 5.97 Å². The molecule has 3 rings (SSSR count). The largest absolute Gasteiger partial charge is 0.481 e. The van der Waals surface area contributed by atoms with Crippen molar-refractivity contribution >= 4 is 11.9 Å². The third kappa shape index (κ3) is 3.99. The molecule has 27 heavy (non-hydrogen) atoms. The third-order valence-electron chi connectivity index (χ3n) is 5.27. The Morgan fingerprint density at radius 2 is 1.81 bits per heavy atom. The van der Waals surface area contributed by atoms with Gasteiger partial charge in [-0.1, -0.05) is 42.8 Å². The number of nitrogens with one attached hydrogen (secondary N) is 1. The third-order valence-corrected chi connectivity index (χ3v) is 5.27. The van der Waals surface area contributed by atoms with Crippen molar-refractivity contribution in [3.8, 4) is 0 Å². The molecule has 1 unspecified atom stereocenters. The van der Waals surface area contributed by atoms with Crippen molar-refractivity contribution in [2.24, 2.45) is 5.92 Å². The first-order chi connectivity index (χ1) is 12.9. The van der Waals surface area contributed by atoms with E-state index in [1.54, 1.807) is 0 Å². The fraction of sp³-hybridized carbons (Fsp3) is 0.333. The molecule has 6 heteroatoms. The van der Waals surface area contributed by atoms with Gasteiger partial charge < -0.3 is 10.4 Å². The average molecular weight is 373 g/mol. The molecule has 0 aromatic heterocycles. The first kappa shape index (κ1) is 19.0. The monoisotopic (exact) mass is 373 g/mol. The molecular weight excluding hydrogens is 352 g/mol. The first-order valence-electron chi connectivity index (χ1n) is 8.93. The summed E-state index contributed by atoms with van der Waals surface area (Å²) < 4.78 is 27.4. The highest BCUT2D eigenvalue weighted by Crippen LogP contribution is 2.45. The van der Waals surface area contributed by atoms with Gasteiger partial charge in [0.25, 0.3) is 0 Å². The molecule has 2 aromatic rings. The van der Waals surface area contributed by atoms with Crippen LogP contribution in [0.15, 0.2) is 48.5 Å². The number of aliphatic carboxylic acids is 1. The zero-order valence-corrected chi connectivity index (χ0v) is 14.8. The van der Waals surface area contributed by atoms with E-state index >= 15 is 0 Å². The van der Waals surface area contributed by atoms with Crippen LogP contribution in [0.2, 0.25) is 0 Å². The summed E-state index contributed by atoms with van der Waals surface area (Å²) in [6, 6.07) is 12.4. The van der Waals surface area contributed by atoms with Crippen molar-refractivity contribution in [2.45, 2.75) is 31.1 Å². The average Bonchev–Trinajstić information content (AvgIpc) is 2.60. The highest BCUT2D eigenvalue weighted by atomic mass is 19.1. The van der Waals surface area contributed by atoms with Crippen LogP contribution < -0.4 is 5.32 Å². The Morgan fingerprint density at radius 3 is 2.37 bits per heavy atom. The lowest BCUT2D eigenvalue weighted by Crippen LogP contribution is -2.51. The summed E-state index contributed by atoms with van der Waals surface area (Å²) in [6.45, 7) is -0.0480. The Bertz CT molecular complexity index is 835. The molecule has 1 saturated carbocycles. The SMILES string of the molecule is O=C(O)C(CNC(=O)C1(c2ccc(F)cc2F)CCC1)Cc1ccccc1. The predicted octanol–water partition coefficient (Wildman–Crippen LogP) is 3.45. The number of hydrogen-bond acceptors (Lipinski definition) is 2. The molecule has 0 spiro atoms. The topological polar surface area (TPSA) is 66.4 Å². The van der Waals surface area contributed by atoms with Gasteiger partial charge in [-0.3, -0.25) is 9.59 Å². The molecule has 0 aliphatic heterocycles. The van der Waals surface area contributed by atoms with Crippen LogP contribution >= 0.6 is 0 Å². The van der Waals surface area contributed by atoms with Crippen molar-refractivity contribution in [2.75, 3.05) is 6.54 Å². The number of hydrogen-bond donors (Lipinski definition) is 2. The van der Waals surface area contributed by atoms with E-state index in [9.17, 15) is 23.5 Å². The maximum atomic E-state index is 14.2. The highest BCUT2D eigenvalue weighted by Gasteiger charge is 2.47. The molecule has 1 fully saturated rings. The van der Waals surface area contributed by atoms with Crippen molar-refractivity contribution in [1.29, 1.82) is 0 Å². The number of rotatable bonds is 7. The first-order valence-corrected chi connectivity index (χ1v) is 8.93. The molecule has 2 N–H and O–H groups in total. The second-order valence-corrected chi connectivity index (χ2v) is 6.99. The van der Waals surface area contributed by atoms with Gasteiger partial charge in [-0.05, 0) is 30.9 Å². The summed E-state index contributed by atoms with van der Waals surface area (Å²) in [6.07, 6.45) is 1.96. The van der Waals surface area contributed by atoms with E-state index in [4.69, 9.17) is 0 Å². The number of carbonyl (C=O) groups is 2. The second kappa shape index (κ2) is 7.86. The van der Waals surface area contributed by atoms with E-state index in [1.807, 2.05) is 30.3 Å². The summed E-state index contributed by atoms with van der Waals surface area (Å²) in [5.41, 5.74) is -0.0159. The zero-order chi connectivity index (χ0) is 19.4. The molecule has 1 aliphatic carbocycles. The number of carboxylic acid groups (broad SMARTS) is 1. The van der Waals surface area contributed by atoms with E-state index in [2.05, 4.69) is 5.32 Å². The summed E-state index contributed by atoms with van der Waals surface area (Å²) in [7, 11) is 0. The van der Waals surface area contributed by atoms with Crippen LogP contribution in [0.4, 0.5) is 8.78 Å². The fourth-order valence-electron chi connectivity index (χ4n) is 3.56. The second-order valence-electron chi connectivity index (χ2n) is 6.99. The maximum absolute atomic E-state index is 14.2. The van der Waals surface area contributed by atoms with Gasteiger partial charge in [-0.25, -0.2) is 8.78 Å². The van der Waals surface area contributed by atoms with E-state index < -0.39 is 34.8 Å². The van der Waals surface area contributed by atoms with Gasteiger partial charge in [0.15, 0.2) is 0 Å².